The van der Waals surface area contributed by atoms with Crippen molar-refractivity contribution in [3.05, 3.63) is 29.1 Å². The topological polar surface area (TPSA) is 39.2 Å². The van der Waals surface area contributed by atoms with Crippen LogP contribution < -0.4 is 0 Å². The van der Waals surface area contributed by atoms with Crippen LogP contribution in [0, 0.1) is 11.8 Å². The third-order valence-electron chi connectivity index (χ3n) is 1.86. The van der Waals surface area contributed by atoms with Gasteiger partial charge in [0.15, 0.2) is 5.82 Å². The molecule has 0 fully saturated rings. The fourth-order valence-electron chi connectivity index (χ4n) is 1.18. The molecule has 0 unspecified atom stereocenters. The van der Waals surface area contributed by atoms with Crippen LogP contribution in [0.2, 0.25) is 0 Å². The maximum atomic E-state index is 12.9. The summed E-state index contributed by atoms with van der Waals surface area (Å²) in [6.07, 6.45) is -3.65. The number of ether oxygens (including phenoxy) is 1. The zero-order valence-corrected chi connectivity index (χ0v) is 8.84. The van der Waals surface area contributed by atoms with Crippen LogP contribution in [0.5, 0.6) is 0 Å². The SMILES string of the molecule is CCOC(=O)Cc1cc(C(F)F)c(F)c(F)n1. The fourth-order valence-corrected chi connectivity index (χ4v) is 1.18. The van der Waals surface area contributed by atoms with E-state index in [1.807, 2.05) is 0 Å². The lowest BCUT2D eigenvalue weighted by Gasteiger charge is -2.06. The minimum Gasteiger partial charge on any atom is -0.466 e. The molecule has 1 rings (SSSR count). The first-order valence-electron chi connectivity index (χ1n) is 4.74. The van der Waals surface area contributed by atoms with Gasteiger partial charge in [0.05, 0.1) is 24.3 Å². The molecule has 0 aliphatic rings. The van der Waals surface area contributed by atoms with Crippen molar-refractivity contribution in [1.82, 2.24) is 4.98 Å². The van der Waals surface area contributed by atoms with E-state index in [9.17, 15) is 22.4 Å². The molecule has 0 radical (unpaired) electrons. The number of alkyl halides is 2. The van der Waals surface area contributed by atoms with E-state index in [1.54, 1.807) is 6.92 Å². The Balaban J connectivity index is 2.98. The molecule has 3 nitrogen and oxygen atoms in total. The van der Waals surface area contributed by atoms with Crippen LogP contribution in [0.15, 0.2) is 6.07 Å². The first kappa shape index (κ1) is 13.4. The van der Waals surface area contributed by atoms with Gasteiger partial charge in [-0.15, -0.1) is 0 Å². The van der Waals surface area contributed by atoms with E-state index in [1.165, 1.54) is 0 Å². The Morgan fingerprint density at radius 2 is 2.12 bits per heavy atom. The largest absolute Gasteiger partial charge is 0.466 e. The second-order valence-corrected chi connectivity index (χ2v) is 3.09. The highest BCUT2D eigenvalue weighted by Crippen LogP contribution is 2.23. The molecule has 17 heavy (non-hydrogen) atoms. The normalized spacial score (nSPS) is 10.7. The predicted molar refractivity (Wildman–Crippen MR) is 49.4 cm³/mol. The lowest BCUT2D eigenvalue weighted by molar-refractivity contribution is -0.142. The van der Waals surface area contributed by atoms with Gasteiger partial charge in [-0.05, 0) is 13.0 Å². The second kappa shape index (κ2) is 5.60. The van der Waals surface area contributed by atoms with Gasteiger partial charge in [0, 0.05) is 0 Å². The molecule has 0 atom stereocenters. The molecule has 0 aromatic carbocycles. The van der Waals surface area contributed by atoms with E-state index in [0.29, 0.717) is 6.07 Å². The lowest BCUT2D eigenvalue weighted by atomic mass is 10.2. The van der Waals surface area contributed by atoms with Gasteiger partial charge < -0.3 is 4.74 Å². The number of carbonyl (C=O) groups excluding carboxylic acids is 1. The van der Waals surface area contributed by atoms with Crippen molar-refractivity contribution in [2.24, 2.45) is 0 Å². The quantitative estimate of drug-likeness (QED) is 0.468. The molecule has 0 saturated carbocycles. The van der Waals surface area contributed by atoms with Crippen molar-refractivity contribution >= 4 is 5.97 Å². The Kier molecular flexibility index (Phi) is 4.42. The van der Waals surface area contributed by atoms with Crippen molar-refractivity contribution < 1.29 is 27.1 Å². The van der Waals surface area contributed by atoms with Crippen LogP contribution in [-0.2, 0) is 16.0 Å². The molecule has 0 saturated heterocycles. The lowest BCUT2D eigenvalue weighted by Crippen LogP contribution is -2.11. The van der Waals surface area contributed by atoms with Crippen LogP contribution in [-0.4, -0.2) is 17.6 Å². The first-order valence-corrected chi connectivity index (χ1v) is 4.74. The van der Waals surface area contributed by atoms with Crippen LogP contribution in [0.1, 0.15) is 24.6 Å². The highest BCUT2D eigenvalue weighted by molar-refractivity contribution is 5.72. The van der Waals surface area contributed by atoms with Gasteiger partial charge in [-0.1, -0.05) is 0 Å². The predicted octanol–water partition coefficient (Wildman–Crippen LogP) is 2.40. The molecule has 1 aromatic heterocycles. The molecule has 0 bridgehead atoms. The highest BCUT2D eigenvalue weighted by Gasteiger charge is 2.20. The summed E-state index contributed by atoms with van der Waals surface area (Å²) in [5.41, 5.74) is -1.41. The van der Waals surface area contributed by atoms with Gasteiger partial charge in [-0.25, -0.2) is 18.2 Å². The Hall–Kier alpha value is -1.66. The monoisotopic (exact) mass is 251 g/mol. The molecular weight excluding hydrogens is 242 g/mol. The zero-order valence-electron chi connectivity index (χ0n) is 8.84. The maximum Gasteiger partial charge on any atom is 0.311 e. The van der Waals surface area contributed by atoms with Crippen LogP contribution in [0.4, 0.5) is 17.6 Å². The molecule has 94 valence electrons. The first-order chi connectivity index (χ1) is 7.95. The van der Waals surface area contributed by atoms with E-state index >= 15 is 0 Å². The molecule has 0 spiro atoms. The maximum absolute atomic E-state index is 12.9. The minimum absolute atomic E-state index is 0.101. The molecule has 0 aliphatic carbocycles. The van der Waals surface area contributed by atoms with Crippen molar-refractivity contribution in [2.45, 2.75) is 19.8 Å². The van der Waals surface area contributed by atoms with Gasteiger partial charge >= 0.3 is 5.97 Å². The fraction of sp³-hybridized carbons (Fsp3) is 0.400. The van der Waals surface area contributed by atoms with Gasteiger partial charge in [-0.2, -0.15) is 4.39 Å². The number of rotatable bonds is 4. The average Bonchev–Trinajstić information content (AvgIpc) is 2.23. The average molecular weight is 251 g/mol. The number of nitrogens with zero attached hydrogens (tertiary/aromatic N) is 1. The molecule has 0 N–H and O–H groups in total. The van der Waals surface area contributed by atoms with Crippen molar-refractivity contribution in [3.8, 4) is 0 Å². The van der Waals surface area contributed by atoms with Crippen LogP contribution >= 0.6 is 0 Å². The Morgan fingerprint density at radius 1 is 1.47 bits per heavy atom. The highest BCUT2D eigenvalue weighted by atomic mass is 19.3. The summed E-state index contributed by atoms with van der Waals surface area (Å²) in [5.74, 6) is -4.10. The van der Waals surface area contributed by atoms with Gasteiger partial charge in [0.1, 0.15) is 0 Å². The molecule has 0 amide bonds. The number of hydrogen-bond donors (Lipinski definition) is 0. The van der Waals surface area contributed by atoms with Crippen LogP contribution in [0.3, 0.4) is 0 Å². The number of hydrogen-bond acceptors (Lipinski definition) is 3. The third-order valence-corrected chi connectivity index (χ3v) is 1.86. The smallest absolute Gasteiger partial charge is 0.311 e. The van der Waals surface area contributed by atoms with Crippen molar-refractivity contribution in [2.75, 3.05) is 6.61 Å². The van der Waals surface area contributed by atoms with Crippen LogP contribution in [0.25, 0.3) is 0 Å². The Bertz CT molecular complexity index is 423. The summed E-state index contributed by atoms with van der Waals surface area (Å²) in [6, 6.07) is 0.653. The van der Waals surface area contributed by atoms with E-state index in [-0.39, 0.29) is 12.3 Å². The molecular formula is C10H9F4NO2. The van der Waals surface area contributed by atoms with Crippen molar-refractivity contribution in [1.29, 1.82) is 0 Å². The van der Waals surface area contributed by atoms with E-state index in [2.05, 4.69) is 9.72 Å². The number of aromatic nitrogens is 1. The van der Waals surface area contributed by atoms with E-state index in [0.717, 1.165) is 0 Å². The molecule has 0 aliphatic heterocycles. The van der Waals surface area contributed by atoms with E-state index < -0.39 is 36.1 Å². The van der Waals surface area contributed by atoms with Crippen molar-refractivity contribution in [3.63, 3.8) is 0 Å². The summed E-state index contributed by atoms with van der Waals surface area (Å²) < 4.78 is 54.9. The number of halogens is 4. The molecule has 1 aromatic rings. The summed E-state index contributed by atoms with van der Waals surface area (Å²) in [4.78, 5) is 14.1. The molecule has 7 heteroatoms. The molecule has 1 heterocycles. The Labute approximate surface area is 94.4 Å². The zero-order chi connectivity index (χ0) is 13.0. The number of esters is 1. The summed E-state index contributed by atoms with van der Waals surface area (Å²) in [7, 11) is 0. The number of carbonyl (C=O) groups is 1. The van der Waals surface area contributed by atoms with E-state index in [4.69, 9.17) is 0 Å². The second-order valence-electron chi connectivity index (χ2n) is 3.09. The summed E-state index contributed by atoms with van der Waals surface area (Å²) >= 11 is 0. The third kappa shape index (κ3) is 3.40. The number of pyridine rings is 1. The van der Waals surface area contributed by atoms with Gasteiger partial charge in [0.25, 0.3) is 6.43 Å². The summed E-state index contributed by atoms with van der Waals surface area (Å²) in [6.45, 7) is 1.66. The van der Waals surface area contributed by atoms with Gasteiger partial charge in [-0.3, -0.25) is 4.79 Å². The van der Waals surface area contributed by atoms with Gasteiger partial charge in [0.2, 0.25) is 5.95 Å². The Morgan fingerprint density at radius 3 is 2.65 bits per heavy atom. The standard InChI is InChI=1S/C10H9F4NO2/c1-2-17-7(16)4-5-3-6(9(12)13)8(11)10(14)15-5/h3,9H,2,4H2,1H3. The summed E-state index contributed by atoms with van der Waals surface area (Å²) in [5, 5.41) is 0. The minimum atomic E-state index is -3.17.